The van der Waals surface area contributed by atoms with E-state index in [1.54, 1.807) is 0 Å². The van der Waals surface area contributed by atoms with Gasteiger partial charge in [-0.1, -0.05) is 0 Å². The molecule has 0 unspecified atom stereocenters. The van der Waals surface area contributed by atoms with Crippen molar-refractivity contribution in [3.05, 3.63) is 0 Å². The van der Waals surface area contributed by atoms with E-state index in [9.17, 15) is 0 Å². The first-order valence-corrected chi connectivity index (χ1v) is 6.00. The Morgan fingerprint density at radius 1 is 0.818 bits per heavy atom. The standard InChI is InChI=1S/Au.2H2O3S2/c;2*1-5(2,3)4/h;2*(H2,1,2,3,4)/q+1;;/p-4. The van der Waals surface area contributed by atoms with Crippen LogP contribution >= 0.6 is 0 Å². The summed E-state index contributed by atoms with van der Waals surface area (Å²) in [4.78, 5) is 0. The van der Waals surface area contributed by atoms with E-state index in [1.807, 2.05) is 0 Å². The normalized spacial score (nSPS) is 10.5. The average Bonchev–Trinajstić information content (AvgIpc) is 1.12. The second kappa shape index (κ2) is 6.80. The Labute approximate surface area is 88.9 Å². The molecule has 0 aromatic carbocycles. The third-order valence-electron chi connectivity index (χ3n) is 0. The van der Waals surface area contributed by atoms with Gasteiger partial charge in [-0.3, -0.25) is 8.42 Å². The fourth-order valence-corrected chi connectivity index (χ4v) is 0. The zero-order chi connectivity index (χ0) is 9.00. The summed E-state index contributed by atoms with van der Waals surface area (Å²) >= 11 is 6.49. The van der Waals surface area contributed by atoms with E-state index in [0.717, 1.165) is 0 Å². The van der Waals surface area contributed by atoms with Crippen LogP contribution in [0, 0.1) is 0 Å². The summed E-state index contributed by atoms with van der Waals surface area (Å²) in [7, 11) is -8.67. The van der Waals surface area contributed by atoms with Crippen molar-refractivity contribution in [1.29, 1.82) is 0 Å². The van der Waals surface area contributed by atoms with E-state index in [1.165, 1.54) is 0 Å². The summed E-state index contributed by atoms with van der Waals surface area (Å²) < 4.78 is 53.3. The molecule has 11 heteroatoms. The Bertz CT molecular complexity index is 211. The van der Waals surface area contributed by atoms with Crippen LogP contribution in [0.5, 0.6) is 0 Å². The fraction of sp³-hybridized carbons (Fsp3) is 0. The van der Waals surface area contributed by atoms with Gasteiger partial charge >= 0.3 is 22.4 Å². The maximum absolute atomic E-state index is 8.89. The van der Waals surface area contributed by atoms with Crippen molar-refractivity contribution in [1.82, 2.24) is 0 Å². The average molecular weight is 421 g/mol. The predicted molar refractivity (Wildman–Crippen MR) is 34.1 cm³/mol. The van der Waals surface area contributed by atoms with Crippen molar-refractivity contribution < 1.29 is 49.0 Å². The van der Waals surface area contributed by atoms with E-state index in [2.05, 4.69) is 22.4 Å². The summed E-state index contributed by atoms with van der Waals surface area (Å²) in [5.41, 5.74) is 0. The smallest absolute Gasteiger partial charge is 0.780 e. The fourth-order valence-electron chi connectivity index (χ4n) is 0. The van der Waals surface area contributed by atoms with Gasteiger partial charge in [-0.15, -0.1) is 18.1 Å². The summed E-state index contributed by atoms with van der Waals surface area (Å²) in [6.45, 7) is 0. The van der Waals surface area contributed by atoms with Crippen molar-refractivity contribution in [3.63, 3.8) is 0 Å². The van der Waals surface area contributed by atoms with Gasteiger partial charge in [0, 0.05) is 0 Å². The van der Waals surface area contributed by atoms with Crippen LogP contribution in [0.25, 0.3) is 0 Å². The van der Waals surface area contributed by atoms with E-state index < -0.39 is 18.1 Å². The van der Waals surface area contributed by atoms with Gasteiger partial charge in [0.05, 0.1) is 0 Å². The van der Waals surface area contributed by atoms with Crippen molar-refractivity contribution in [3.8, 4) is 0 Å². The molecule has 11 heavy (non-hydrogen) atoms. The molecule has 0 aromatic heterocycles. The molecule has 0 rings (SSSR count). The van der Waals surface area contributed by atoms with Gasteiger partial charge in [-0.25, -0.2) is 0 Å². The van der Waals surface area contributed by atoms with E-state index in [0.29, 0.717) is 0 Å². The molecule has 0 N–H and O–H groups in total. The van der Waals surface area contributed by atoms with Crippen molar-refractivity contribution >= 4 is 40.5 Å². The Kier molecular flexibility index (Phi) is 11.2. The van der Waals surface area contributed by atoms with Gasteiger partial charge in [0.2, 0.25) is 0 Å². The molecule has 74 valence electrons. The monoisotopic (exact) mass is 421 g/mol. The maximum Gasteiger partial charge on any atom is 1.00 e. The molecular weight excluding hydrogens is 421 g/mol. The largest absolute Gasteiger partial charge is 1.00 e. The number of hydrogen-bond donors (Lipinski definition) is 0. The van der Waals surface area contributed by atoms with E-state index in [4.69, 9.17) is 26.6 Å². The molecule has 0 amide bonds. The summed E-state index contributed by atoms with van der Waals surface area (Å²) in [5.74, 6) is 0. The molecule has 0 atom stereocenters. The maximum atomic E-state index is 8.89. The zero-order valence-electron chi connectivity index (χ0n) is 4.38. The van der Waals surface area contributed by atoms with Crippen molar-refractivity contribution in [2.45, 2.75) is 0 Å². The first kappa shape index (κ1) is 18.2. The number of rotatable bonds is 0. The quantitative estimate of drug-likeness (QED) is 0.411. The molecule has 0 aliphatic carbocycles. The molecule has 0 spiro atoms. The second-order valence-corrected chi connectivity index (χ2v) is 4.90. The minimum absolute atomic E-state index is 0. The van der Waals surface area contributed by atoms with Crippen LogP contribution < -0.4 is 0 Å². The molecule has 0 radical (unpaired) electrons. The molecule has 0 heterocycles. The Hall–Kier alpha value is 1.32. The van der Waals surface area contributed by atoms with E-state index >= 15 is 0 Å². The third-order valence-corrected chi connectivity index (χ3v) is 0. The molecule has 0 saturated heterocycles. The molecule has 0 aliphatic rings. The second-order valence-electron chi connectivity index (χ2n) is 0.816. The van der Waals surface area contributed by atoms with Crippen LogP contribution in [0.4, 0.5) is 0 Å². The van der Waals surface area contributed by atoms with Gasteiger partial charge < -0.3 is 18.2 Å². The zero-order valence-corrected chi connectivity index (χ0v) is 9.82. The van der Waals surface area contributed by atoms with Gasteiger partial charge in [0.25, 0.3) is 0 Å². The minimum Gasteiger partial charge on any atom is -0.780 e. The summed E-state index contributed by atoms with van der Waals surface area (Å²) in [6.07, 6.45) is 0. The van der Waals surface area contributed by atoms with Crippen LogP contribution in [0.2, 0.25) is 0 Å². The SMILES string of the molecule is O=S([O-])([O-])=S.O=S([O-])([O-])=S.[Au+]. The predicted octanol–water partition coefficient (Wildman–Crippen LogP) is -2.02. The van der Waals surface area contributed by atoms with Gasteiger partial charge in [-0.05, 0) is 22.4 Å². The third kappa shape index (κ3) is 564. The topological polar surface area (TPSA) is 126 Å². The van der Waals surface area contributed by atoms with E-state index in [-0.39, 0.29) is 22.4 Å². The van der Waals surface area contributed by atoms with Gasteiger partial charge in [-0.2, -0.15) is 0 Å². The van der Waals surface area contributed by atoms with Gasteiger partial charge in [0.1, 0.15) is 0 Å². The van der Waals surface area contributed by atoms with Crippen LogP contribution in [0.3, 0.4) is 0 Å². The van der Waals surface area contributed by atoms with Crippen LogP contribution in [0.15, 0.2) is 0 Å². The Balaban J connectivity index is -0.000000107. The minimum atomic E-state index is -4.33. The molecule has 0 aromatic rings. The van der Waals surface area contributed by atoms with Gasteiger partial charge in [0.15, 0.2) is 0 Å². The molecule has 0 aliphatic heterocycles. The molecular formula is AuO6S4-3. The molecule has 0 bridgehead atoms. The van der Waals surface area contributed by atoms with Crippen LogP contribution in [-0.2, 0) is 62.9 Å². The van der Waals surface area contributed by atoms with Crippen LogP contribution in [0.1, 0.15) is 0 Å². The Morgan fingerprint density at radius 2 is 0.818 bits per heavy atom. The molecule has 6 nitrogen and oxygen atoms in total. The first-order valence-electron chi connectivity index (χ1n) is 1.33. The van der Waals surface area contributed by atoms with Crippen molar-refractivity contribution in [2.24, 2.45) is 0 Å². The summed E-state index contributed by atoms with van der Waals surface area (Å²) in [6, 6.07) is 0. The summed E-state index contributed by atoms with van der Waals surface area (Å²) in [5, 5.41) is 0. The van der Waals surface area contributed by atoms with Crippen LogP contribution in [-0.4, -0.2) is 26.6 Å². The van der Waals surface area contributed by atoms with Crippen molar-refractivity contribution in [2.75, 3.05) is 0 Å². The number of hydrogen-bond acceptors (Lipinski definition) is 8. The Morgan fingerprint density at radius 3 is 0.818 bits per heavy atom. The molecule has 0 fully saturated rings. The molecule has 0 saturated carbocycles. The first-order chi connectivity index (χ1) is 4.00.